The Morgan fingerprint density at radius 2 is 1.94 bits per heavy atom. The van der Waals surface area contributed by atoms with Gasteiger partial charge in [0.2, 0.25) is 0 Å². The highest BCUT2D eigenvalue weighted by molar-refractivity contribution is 5.83. The number of carboxylic acid groups (broad SMARTS) is 1. The summed E-state index contributed by atoms with van der Waals surface area (Å²) >= 11 is 0. The molecule has 0 radical (unpaired) electrons. The highest BCUT2D eigenvalue weighted by Crippen LogP contribution is 2.45. The van der Waals surface area contributed by atoms with E-state index in [0.29, 0.717) is 18.4 Å². The molecule has 18 heavy (non-hydrogen) atoms. The van der Waals surface area contributed by atoms with Crippen molar-refractivity contribution in [2.75, 3.05) is 19.0 Å². The molecule has 3 nitrogen and oxygen atoms in total. The van der Waals surface area contributed by atoms with E-state index in [9.17, 15) is 18.7 Å². The van der Waals surface area contributed by atoms with Gasteiger partial charge in [-0.15, -0.1) is 0 Å². The van der Waals surface area contributed by atoms with Crippen molar-refractivity contribution < 1.29 is 18.7 Å². The summed E-state index contributed by atoms with van der Waals surface area (Å²) in [5, 5.41) is 9.30. The molecule has 0 aromatic heterocycles. The minimum atomic E-state index is -1.04. The van der Waals surface area contributed by atoms with Gasteiger partial charge in [-0.3, -0.25) is 4.79 Å². The van der Waals surface area contributed by atoms with Crippen molar-refractivity contribution >= 4 is 11.7 Å². The van der Waals surface area contributed by atoms with Crippen molar-refractivity contribution in [1.82, 2.24) is 0 Å². The molecule has 0 amide bonds. The maximum absolute atomic E-state index is 13.6. The fraction of sp³-hybridized carbons (Fsp3) is 0.462. The van der Waals surface area contributed by atoms with Crippen LogP contribution in [0.25, 0.3) is 0 Å². The predicted molar refractivity (Wildman–Crippen MR) is 63.8 cm³/mol. The Balaban J connectivity index is 2.55. The topological polar surface area (TPSA) is 40.5 Å². The summed E-state index contributed by atoms with van der Waals surface area (Å²) in [5.74, 6) is -2.91. The van der Waals surface area contributed by atoms with E-state index in [1.54, 1.807) is 14.1 Å². The number of benzene rings is 1. The summed E-state index contributed by atoms with van der Waals surface area (Å²) in [5.41, 5.74) is -0.611. The molecule has 0 bridgehead atoms. The predicted octanol–water partition coefficient (Wildman–Crippen LogP) is 2.54. The standard InChI is InChI=1S/C13H15F2NO2/c1-16(2)10-7-8(6-9(14)11(10)15)13(12(17)18)4-3-5-13/h6-7H,3-5H2,1-2H3,(H,17,18). The molecular formula is C13H15F2NO2. The molecule has 1 aromatic rings. The highest BCUT2D eigenvalue weighted by Gasteiger charge is 2.46. The minimum Gasteiger partial charge on any atom is -0.481 e. The first-order valence-corrected chi connectivity index (χ1v) is 5.79. The van der Waals surface area contributed by atoms with Crippen molar-refractivity contribution in [2.24, 2.45) is 0 Å². The maximum Gasteiger partial charge on any atom is 0.314 e. The quantitative estimate of drug-likeness (QED) is 0.902. The second-order valence-corrected chi connectivity index (χ2v) is 4.93. The zero-order valence-corrected chi connectivity index (χ0v) is 10.3. The lowest BCUT2D eigenvalue weighted by molar-refractivity contribution is -0.147. The Hall–Kier alpha value is -1.65. The average Bonchev–Trinajstić information content (AvgIpc) is 2.20. The first kappa shape index (κ1) is 12.8. The molecule has 0 unspecified atom stereocenters. The summed E-state index contributed by atoms with van der Waals surface area (Å²) in [6, 6.07) is 2.45. The number of carbonyl (C=O) groups is 1. The molecular weight excluding hydrogens is 240 g/mol. The third-order valence-corrected chi connectivity index (χ3v) is 3.66. The van der Waals surface area contributed by atoms with E-state index < -0.39 is 23.0 Å². The Morgan fingerprint density at radius 3 is 2.33 bits per heavy atom. The molecule has 0 heterocycles. The molecule has 0 spiro atoms. The van der Waals surface area contributed by atoms with Crippen LogP contribution in [0.1, 0.15) is 24.8 Å². The first-order valence-electron chi connectivity index (χ1n) is 5.79. The van der Waals surface area contributed by atoms with Gasteiger partial charge in [0.25, 0.3) is 0 Å². The molecule has 1 saturated carbocycles. The van der Waals surface area contributed by atoms with Crippen LogP contribution in [-0.2, 0) is 10.2 Å². The lowest BCUT2D eigenvalue weighted by Gasteiger charge is -2.38. The van der Waals surface area contributed by atoms with Crippen LogP contribution < -0.4 is 4.90 Å². The van der Waals surface area contributed by atoms with E-state index in [2.05, 4.69) is 0 Å². The Labute approximate surface area is 104 Å². The van der Waals surface area contributed by atoms with Crippen LogP contribution in [0.15, 0.2) is 12.1 Å². The molecule has 1 aliphatic carbocycles. The lowest BCUT2D eigenvalue weighted by Crippen LogP contribution is -2.42. The van der Waals surface area contributed by atoms with Crippen LogP contribution in [0.5, 0.6) is 0 Å². The Kier molecular flexibility index (Phi) is 3.00. The van der Waals surface area contributed by atoms with Crippen molar-refractivity contribution in [2.45, 2.75) is 24.7 Å². The van der Waals surface area contributed by atoms with Crippen molar-refractivity contribution in [3.8, 4) is 0 Å². The van der Waals surface area contributed by atoms with Gasteiger partial charge in [-0.25, -0.2) is 8.78 Å². The second kappa shape index (κ2) is 4.23. The molecule has 1 N–H and O–H groups in total. The maximum atomic E-state index is 13.6. The summed E-state index contributed by atoms with van der Waals surface area (Å²) in [4.78, 5) is 12.8. The second-order valence-electron chi connectivity index (χ2n) is 4.93. The van der Waals surface area contributed by atoms with Gasteiger partial charge in [0.1, 0.15) is 0 Å². The first-order chi connectivity index (χ1) is 8.38. The van der Waals surface area contributed by atoms with Crippen LogP contribution in [0, 0.1) is 11.6 Å². The summed E-state index contributed by atoms with van der Waals surface area (Å²) < 4.78 is 27.1. The van der Waals surface area contributed by atoms with Crippen LogP contribution >= 0.6 is 0 Å². The summed E-state index contributed by atoms with van der Waals surface area (Å²) in [6.07, 6.45) is 1.74. The third kappa shape index (κ3) is 1.74. The van der Waals surface area contributed by atoms with Crippen LogP contribution in [0.2, 0.25) is 0 Å². The van der Waals surface area contributed by atoms with Gasteiger partial charge < -0.3 is 10.0 Å². The number of carboxylic acids is 1. The van der Waals surface area contributed by atoms with E-state index in [-0.39, 0.29) is 5.69 Å². The fourth-order valence-corrected chi connectivity index (χ4v) is 2.33. The third-order valence-electron chi connectivity index (χ3n) is 3.66. The molecule has 1 aromatic carbocycles. The zero-order valence-electron chi connectivity index (χ0n) is 10.3. The van der Waals surface area contributed by atoms with E-state index in [1.807, 2.05) is 0 Å². The summed E-state index contributed by atoms with van der Waals surface area (Å²) in [7, 11) is 3.19. The molecule has 5 heteroatoms. The van der Waals surface area contributed by atoms with Gasteiger partial charge in [-0.1, -0.05) is 6.42 Å². The lowest BCUT2D eigenvalue weighted by atomic mass is 9.64. The normalized spacial score (nSPS) is 17.1. The number of rotatable bonds is 3. The van der Waals surface area contributed by atoms with Crippen LogP contribution in [-0.4, -0.2) is 25.2 Å². The number of nitrogens with zero attached hydrogens (tertiary/aromatic N) is 1. The smallest absolute Gasteiger partial charge is 0.314 e. The SMILES string of the molecule is CN(C)c1cc(C2(C(=O)O)CCC2)cc(F)c1F. The average molecular weight is 255 g/mol. The van der Waals surface area contributed by atoms with Crippen LogP contribution in [0.4, 0.5) is 14.5 Å². The number of anilines is 1. The Bertz CT molecular complexity index is 496. The van der Waals surface area contributed by atoms with Crippen molar-refractivity contribution in [3.63, 3.8) is 0 Å². The van der Waals surface area contributed by atoms with Gasteiger partial charge in [-0.05, 0) is 30.5 Å². The molecule has 1 aliphatic rings. The van der Waals surface area contributed by atoms with E-state index in [0.717, 1.165) is 12.5 Å². The van der Waals surface area contributed by atoms with Crippen molar-refractivity contribution in [1.29, 1.82) is 0 Å². The fourth-order valence-electron chi connectivity index (χ4n) is 2.33. The molecule has 2 rings (SSSR count). The highest BCUT2D eigenvalue weighted by atomic mass is 19.2. The molecule has 0 atom stereocenters. The van der Waals surface area contributed by atoms with Gasteiger partial charge in [0.15, 0.2) is 11.6 Å². The largest absolute Gasteiger partial charge is 0.481 e. The number of hydrogen-bond donors (Lipinski definition) is 1. The van der Waals surface area contributed by atoms with Crippen LogP contribution in [0.3, 0.4) is 0 Å². The minimum absolute atomic E-state index is 0.0810. The zero-order chi connectivity index (χ0) is 13.5. The monoisotopic (exact) mass is 255 g/mol. The molecule has 1 fully saturated rings. The van der Waals surface area contributed by atoms with Crippen molar-refractivity contribution in [3.05, 3.63) is 29.3 Å². The summed E-state index contributed by atoms with van der Waals surface area (Å²) in [6.45, 7) is 0. The van der Waals surface area contributed by atoms with Gasteiger partial charge in [0.05, 0.1) is 11.1 Å². The van der Waals surface area contributed by atoms with Gasteiger partial charge >= 0.3 is 5.97 Å². The Morgan fingerprint density at radius 1 is 1.33 bits per heavy atom. The van der Waals surface area contributed by atoms with E-state index in [1.165, 1.54) is 11.0 Å². The molecule has 0 aliphatic heterocycles. The number of halogens is 2. The number of hydrogen-bond acceptors (Lipinski definition) is 2. The van der Waals surface area contributed by atoms with Gasteiger partial charge in [-0.2, -0.15) is 0 Å². The molecule has 98 valence electrons. The molecule has 0 saturated heterocycles. The number of aliphatic carboxylic acids is 1. The van der Waals surface area contributed by atoms with E-state index in [4.69, 9.17) is 0 Å². The van der Waals surface area contributed by atoms with Gasteiger partial charge in [0, 0.05) is 14.1 Å². The van der Waals surface area contributed by atoms with E-state index >= 15 is 0 Å².